The third-order valence-electron chi connectivity index (χ3n) is 5.45. The van der Waals surface area contributed by atoms with Gasteiger partial charge >= 0.3 is 12.0 Å². The van der Waals surface area contributed by atoms with Crippen LogP contribution >= 0.6 is 11.3 Å². The number of urea groups is 1. The number of carbonyl (C=O) groups is 2. The molecule has 1 aliphatic rings. The van der Waals surface area contributed by atoms with Crippen molar-refractivity contribution in [2.75, 3.05) is 40.5 Å². The number of nitrogens with one attached hydrogen (secondary N) is 1. The molecule has 1 aromatic carbocycles. The molecule has 1 heterocycles. The van der Waals surface area contributed by atoms with E-state index in [4.69, 9.17) is 4.74 Å². The number of aromatic nitrogens is 1. The van der Waals surface area contributed by atoms with Gasteiger partial charge in [0.2, 0.25) is 0 Å². The summed E-state index contributed by atoms with van der Waals surface area (Å²) in [5, 5.41) is 2.97. The highest BCUT2D eigenvalue weighted by atomic mass is 32.2. The van der Waals surface area contributed by atoms with Gasteiger partial charge in [0.15, 0.2) is 15.0 Å². The zero-order valence-corrected chi connectivity index (χ0v) is 21.8. The van der Waals surface area contributed by atoms with E-state index >= 15 is 0 Å². The van der Waals surface area contributed by atoms with Crippen LogP contribution in [0.25, 0.3) is 0 Å². The van der Waals surface area contributed by atoms with Gasteiger partial charge in [-0.2, -0.15) is 0 Å². The number of rotatable bonds is 10. The molecule has 1 saturated carbocycles. The zero-order chi connectivity index (χ0) is 25.6. The van der Waals surface area contributed by atoms with Crippen molar-refractivity contribution < 1.29 is 31.5 Å². The number of anilines is 3. The average Bonchev–Trinajstić information content (AvgIpc) is 3.47. The summed E-state index contributed by atoms with van der Waals surface area (Å²) in [6.45, 7) is 1.66. The minimum Gasteiger partial charge on any atom is -0.755 e. The van der Waals surface area contributed by atoms with Gasteiger partial charge in [-0.25, -0.2) is 18.2 Å². The van der Waals surface area contributed by atoms with Crippen molar-refractivity contribution in [3.05, 3.63) is 30.5 Å². The van der Waals surface area contributed by atoms with Gasteiger partial charge in [0.25, 0.3) is 0 Å². The van der Waals surface area contributed by atoms with E-state index < -0.39 is 39.6 Å². The molecule has 0 bridgehead atoms. The number of esters is 1. The largest absolute Gasteiger partial charge is 0.755 e. The van der Waals surface area contributed by atoms with Gasteiger partial charge in [-0.15, -0.1) is 0 Å². The summed E-state index contributed by atoms with van der Waals surface area (Å²) < 4.78 is 52.4. The molecule has 0 radical (unpaired) electrons. The molecule has 3 rings (SSSR count). The van der Waals surface area contributed by atoms with Crippen molar-refractivity contribution in [1.29, 1.82) is 0 Å². The molecule has 2 amide bonds. The predicted molar refractivity (Wildman–Crippen MR) is 133 cm³/mol. The lowest BCUT2D eigenvalue weighted by Gasteiger charge is -2.26. The fourth-order valence-corrected chi connectivity index (χ4v) is 5.80. The number of hydrogen-bond donors (Lipinski definition) is 1. The predicted octanol–water partition coefficient (Wildman–Crippen LogP) is 2.94. The molecule has 2 aromatic rings. The standard InChI is InChI=1S/C21H28N4O7S3/c1-3-32-19(26)14-25(34(28)29)18-12-22-20(33-18)23-21(27)24(13-15-6-4-5-7-15)16-8-10-17(11-9-16)35(2,30)31/h8-12,15H,3-7,13-14H2,1-2H3,(H,28,29)(H,22,23,27)/p-1. The Hall–Kier alpha value is -2.55. The van der Waals surface area contributed by atoms with Gasteiger partial charge < -0.3 is 9.29 Å². The van der Waals surface area contributed by atoms with Gasteiger partial charge in [-0.3, -0.25) is 23.5 Å². The Morgan fingerprint density at radius 3 is 2.49 bits per heavy atom. The first-order valence-corrected chi connectivity index (χ1v) is 14.7. The van der Waals surface area contributed by atoms with Crippen molar-refractivity contribution in [3.8, 4) is 0 Å². The number of ether oxygens (including phenoxy) is 1. The number of amides is 2. The first-order chi connectivity index (χ1) is 16.6. The maximum absolute atomic E-state index is 13.2. The zero-order valence-electron chi connectivity index (χ0n) is 19.3. The van der Waals surface area contributed by atoms with Gasteiger partial charge in [-0.1, -0.05) is 24.2 Å². The first kappa shape index (κ1) is 27.0. The Balaban J connectivity index is 1.79. The number of nitrogens with zero attached hydrogens (tertiary/aromatic N) is 3. The molecule has 35 heavy (non-hydrogen) atoms. The van der Waals surface area contributed by atoms with Crippen LogP contribution in [0.1, 0.15) is 32.6 Å². The summed E-state index contributed by atoms with van der Waals surface area (Å²) >= 11 is -1.85. The van der Waals surface area contributed by atoms with Crippen molar-refractivity contribution in [1.82, 2.24) is 4.98 Å². The van der Waals surface area contributed by atoms with Crippen molar-refractivity contribution in [2.45, 2.75) is 37.5 Å². The lowest BCUT2D eigenvalue weighted by atomic mass is 10.1. The summed E-state index contributed by atoms with van der Waals surface area (Å²) in [7, 11) is -3.38. The summed E-state index contributed by atoms with van der Waals surface area (Å²) in [6.07, 6.45) is 6.52. The van der Waals surface area contributed by atoms with Crippen LogP contribution in [0.3, 0.4) is 0 Å². The molecule has 11 nitrogen and oxygen atoms in total. The fourth-order valence-electron chi connectivity index (χ4n) is 3.76. The third-order valence-corrected chi connectivity index (χ3v) is 8.31. The number of thiazole rings is 1. The molecule has 1 fully saturated rings. The molecule has 192 valence electrons. The second-order valence-corrected chi connectivity index (χ2v) is 11.9. The van der Waals surface area contributed by atoms with E-state index in [2.05, 4.69) is 10.3 Å². The summed E-state index contributed by atoms with van der Waals surface area (Å²) in [5.41, 5.74) is 0.531. The Morgan fingerprint density at radius 2 is 1.91 bits per heavy atom. The molecule has 1 aliphatic carbocycles. The second kappa shape index (κ2) is 11.9. The lowest BCUT2D eigenvalue weighted by Crippen LogP contribution is -2.38. The SMILES string of the molecule is CCOC(=O)CN(c1cnc(NC(=O)N(CC2CCCC2)c2ccc(S(C)(=O)=O)cc2)s1)S(=O)[O-]. The maximum Gasteiger partial charge on any atom is 0.328 e. The van der Waals surface area contributed by atoms with Crippen LogP contribution in [0.2, 0.25) is 0 Å². The highest BCUT2D eigenvalue weighted by Crippen LogP contribution is 2.31. The number of carbonyl (C=O) groups excluding carboxylic acids is 2. The Bertz CT molecular complexity index is 1160. The Labute approximate surface area is 210 Å². The van der Waals surface area contributed by atoms with Crippen molar-refractivity contribution in [2.24, 2.45) is 5.92 Å². The number of benzene rings is 1. The van der Waals surface area contributed by atoms with Gasteiger partial charge in [0, 0.05) is 29.8 Å². The van der Waals surface area contributed by atoms with Crippen LogP contribution in [-0.4, -0.2) is 60.1 Å². The topological polar surface area (TPSA) is 149 Å². The van der Waals surface area contributed by atoms with E-state index in [0.717, 1.165) is 47.6 Å². The average molecular weight is 544 g/mol. The molecule has 0 saturated heterocycles. The highest BCUT2D eigenvalue weighted by Gasteiger charge is 2.25. The second-order valence-electron chi connectivity index (χ2n) is 8.02. The Kier molecular flexibility index (Phi) is 9.21. The van der Waals surface area contributed by atoms with E-state index in [1.165, 1.54) is 23.2 Å². The molecular formula is C21H27N4O7S3-. The van der Waals surface area contributed by atoms with Crippen LogP contribution in [-0.2, 0) is 30.6 Å². The lowest BCUT2D eigenvalue weighted by molar-refractivity contribution is -0.141. The molecule has 1 atom stereocenters. The van der Waals surface area contributed by atoms with Crippen LogP contribution in [0.5, 0.6) is 0 Å². The van der Waals surface area contributed by atoms with Crippen LogP contribution in [0, 0.1) is 5.92 Å². The van der Waals surface area contributed by atoms with Crippen molar-refractivity contribution >= 4 is 60.3 Å². The fraction of sp³-hybridized carbons (Fsp3) is 0.476. The van der Waals surface area contributed by atoms with E-state index in [9.17, 15) is 26.8 Å². The van der Waals surface area contributed by atoms with Gasteiger partial charge in [-0.05, 0) is 49.9 Å². The van der Waals surface area contributed by atoms with Crippen LogP contribution in [0.15, 0.2) is 35.4 Å². The third kappa shape index (κ3) is 7.46. The first-order valence-electron chi connectivity index (χ1n) is 11.0. The minimum atomic E-state index is -3.38. The molecule has 1 aromatic heterocycles. The summed E-state index contributed by atoms with van der Waals surface area (Å²) in [6, 6.07) is 5.60. The molecule has 1 unspecified atom stereocenters. The summed E-state index contributed by atoms with van der Waals surface area (Å²) in [4.78, 5) is 30.7. The van der Waals surface area contributed by atoms with Crippen LogP contribution < -0.4 is 14.5 Å². The molecular weight excluding hydrogens is 516 g/mol. The normalized spacial score (nSPS) is 14.9. The summed E-state index contributed by atoms with van der Waals surface area (Å²) in [5.74, 6) is -0.402. The number of sulfone groups is 1. The van der Waals surface area contributed by atoms with Gasteiger partial charge in [0.05, 0.1) is 17.7 Å². The maximum atomic E-state index is 13.2. The molecule has 0 spiro atoms. The smallest absolute Gasteiger partial charge is 0.328 e. The van der Waals surface area contributed by atoms with Gasteiger partial charge in [0.1, 0.15) is 11.5 Å². The highest BCUT2D eigenvalue weighted by molar-refractivity contribution is 7.90. The quantitative estimate of drug-likeness (QED) is 0.355. The van der Waals surface area contributed by atoms with E-state index in [0.29, 0.717) is 18.2 Å². The minimum absolute atomic E-state index is 0.115. The molecule has 1 N–H and O–H groups in total. The molecule has 0 aliphatic heterocycles. The van der Waals surface area contributed by atoms with Crippen LogP contribution in [0.4, 0.5) is 20.6 Å². The monoisotopic (exact) mass is 543 g/mol. The molecule has 14 heteroatoms. The number of hydrogen-bond acceptors (Lipinski definition) is 9. The van der Waals surface area contributed by atoms with E-state index in [1.807, 2.05) is 0 Å². The Morgan fingerprint density at radius 1 is 1.26 bits per heavy atom. The van der Waals surface area contributed by atoms with Crippen molar-refractivity contribution in [3.63, 3.8) is 0 Å². The van der Waals surface area contributed by atoms with E-state index in [-0.39, 0.29) is 21.6 Å². The van der Waals surface area contributed by atoms with E-state index in [1.54, 1.807) is 19.1 Å².